The van der Waals surface area contributed by atoms with Crippen LogP contribution in [0.2, 0.25) is 0 Å². The van der Waals surface area contributed by atoms with Gasteiger partial charge in [-0.15, -0.1) is 0 Å². The van der Waals surface area contributed by atoms with Gasteiger partial charge in [0.2, 0.25) is 0 Å². The summed E-state index contributed by atoms with van der Waals surface area (Å²) in [5.74, 6) is 0.501. The van der Waals surface area contributed by atoms with E-state index in [0.717, 1.165) is 11.3 Å². The first-order valence-electron chi connectivity index (χ1n) is 9.42. The highest BCUT2D eigenvalue weighted by molar-refractivity contribution is 7.90. The van der Waals surface area contributed by atoms with Gasteiger partial charge in [-0.25, -0.2) is 8.42 Å². The van der Waals surface area contributed by atoms with Gasteiger partial charge in [-0.1, -0.05) is 48.5 Å². The van der Waals surface area contributed by atoms with E-state index in [4.69, 9.17) is 4.74 Å². The predicted octanol–water partition coefficient (Wildman–Crippen LogP) is 3.91. The average Bonchev–Trinajstić information content (AvgIpc) is 2.75. The van der Waals surface area contributed by atoms with Gasteiger partial charge >= 0.3 is 0 Å². The molecule has 148 valence electrons. The summed E-state index contributed by atoms with van der Waals surface area (Å²) in [5, 5.41) is 3.05. The maximum atomic E-state index is 12.7. The average molecular weight is 407 g/mol. The van der Waals surface area contributed by atoms with Crippen LogP contribution in [0.25, 0.3) is 0 Å². The lowest BCUT2D eigenvalue weighted by Gasteiger charge is -2.26. The summed E-state index contributed by atoms with van der Waals surface area (Å²) >= 11 is 0. The van der Waals surface area contributed by atoms with Crippen LogP contribution in [0.4, 0.5) is 0 Å². The Morgan fingerprint density at radius 2 is 1.62 bits per heavy atom. The Bertz CT molecular complexity index is 1110. The third-order valence-electron chi connectivity index (χ3n) is 4.94. The molecule has 1 N–H and O–H groups in total. The summed E-state index contributed by atoms with van der Waals surface area (Å²) in [6.07, 6.45) is 0.705. The summed E-state index contributed by atoms with van der Waals surface area (Å²) in [5.41, 5.74) is 2.11. The second kappa shape index (κ2) is 8.09. The maximum Gasteiger partial charge on any atom is 0.251 e. The molecule has 0 unspecified atom stereocenters. The lowest BCUT2D eigenvalue weighted by Crippen LogP contribution is -2.32. The number of benzene rings is 3. The molecule has 3 aromatic carbocycles. The van der Waals surface area contributed by atoms with Crippen molar-refractivity contribution in [1.82, 2.24) is 5.32 Å². The maximum absolute atomic E-state index is 12.7. The first-order chi connectivity index (χ1) is 14.0. The van der Waals surface area contributed by atoms with Gasteiger partial charge < -0.3 is 10.1 Å². The van der Waals surface area contributed by atoms with Crippen LogP contribution >= 0.6 is 0 Å². The number of hydrogen-bond acceptors (Lipinski definition) is 4. The van der Waals surface area contributed by atoms with E-state index in [9.17, 15) is 13.2 Å². The van der Waals surface area contributed by atoms with E-state index >= 15 is 0 Å². The molecule has 0 radical (unpaired) electrons. The Labute approximate surface area is 170 Å². The highest BCUT2D eigenvalue weighted by Gasteiger charge is 2.23. The number of ether oxygens (including phenoxy) is 1. The van der Waals surface area contributed by atoms with Crippen LogP contribution in [0.5, 0.6) is 5.75 Å². The number of rotatable bonds is 5. The first kappa shape index (κ1) is 19.2. The normalized spacial score (nSPS) is 15.8. The monoisotopic (exact) mass is 407 g/mol. The fraction of sp³-hybridized carbons (Fsp3) is 0.174. The minimum atomic E-state index is -3.42. The highest BCUT2D eigenvalue weighted by atomic mass is 32.2. The van der Waals surface area contributed by atoms with Crippen LogP contribution in [0, 0.1) is 0 Å². The molecule has 0 bridgehead atoms. The molecule has 3 aromatic rings. The topological polar surface area (TPSA) is 72.5 Å². The molecule has 0 saturated heterocycles. The van der Waals surface area contributed by atoms with Crippen molar-refractivity contribution >= 4 is 15.7 Å². The van der Waals surface area contributed by atoms with Crippen molar-refractivity contribution in [1.29, 1.82) is 0 Å². The summed E-state index contributed by atoms with van der Waals surface area (Å²) in [4.78, 5) is 13.0. The minimum Gasteiger partial charge on any atom is -0.493 e. The molecule has 5 nitrogen and oxygen atoms in total. The molecule has 1 aliphatic rings. The smallest absolute Gasteiger partial charge is 0.251 e. The van der Waals surface area contributed by atoms with Crippen molar-refractivity contribution < 1.29 is 17.9 Å². The van der Waals surface area contributed by atoms with Crippen LogP contribution in [-0.4, -0.2) is 20.9 Å². The van der Waals surface area contributed by atoms with Crippen molar-refractivity contribution in [2.75, 3.05) is 6.61 Å². The number of carbonyl (C=O) groups is 1. The lowest BCUT2D eigenvalue weighted by molar-refractivity contribution is 0.0925. The largest absolute Gasteiger partial charge is 0.493 e. The third kappa shape index (κ3) is 4.32. The van der Waals surface area contributed by atoms with Gasteiger partial charge in [0.25, 0.3) is 5.91 Å². The molecular formula is C23H21NO4S. The number of carbonyl (C=O) groups excluding carboxylic acids is 1. The SMILES string of the molecule is O=C(N[C@H]1CCOc2ccccc21)c1ccc(CS(=O)(=O)c2ccccc2)cc1. The zero-order valence-electron chi connectivity index (χ0n) is 15.7. The molecule has 0 saturated carbocycles. The number of amides is 1. The van der Waals surface area contributed by atoms with Crippen LogP contribution in [-0.2, 0) is 15.6 Å². The van der Waals surface area contributed by atoms with Crippen molar-refractivity contribution in [3.8, 4) is 5.75 Å². The van der Waals surface area contributed by atoms with E-state index in [1.165, 1.54) is 0 Å². The molecule has 0 aliphatic carbocycles. The molecule has 0 aromatic heterocycles. The van der Waals surface area contributed by atoms with E-state index in [0.29, 0.717) is 29.1 Å². The second-order valence-electron chi connectivity index (χ2n) is 6.97. The molecule has 0 fully saturated rings. The molecular weight excluding hydrogens is 386 g/mol. The van der Waals surface area contributed by atoms with Crippen molar-refractivity contribution in [2.45, 2.75) is 23.1 Å². The van der Waals surface area contributed by atoms with Gasteiger partial charge in [-0.3, -0.25) is 4.79 Å². The van der Waals surface area contributed by atoms with Crippen molar-refractivity contribution in [2.24, 2.45) is 0 Å². The standard InChI is InChI=1S/C23H21NO4S/c25-23(24-21-14-15-28-22-9-5-4-8-20(21)22)18-12-10-17(11-13-18)16-29(26,27)19-6-2-1-3-7-19/h1-13,21H,14-16H2,(H,24,25)/t21-/m0/s1. The van der Waals surface area contributed by atoms with Gasteiger partial charge in [0, 0.05) is 17.5 Å². The Hall–Kier alpha value is -3.12. The molecule has 6 heteroatoms. The van der Waals surface area contributed by atoms with Crippen LogP contribution in [0.1, 0.15) is 33.9 Å². The van der Waals surface area contributed by atoms with Crippen LogP contribution in [0.15, 0.2) is 83.8 Å². The number of sulfone groups is 1. The van der Waals surface area contributed by atoms with Gasteiger partial charge in [-0.05, 0) is 35.9 Å². The Morgan fingerprint density at radius 3 is 2.38 bits per heavy atom. The van der Waals surface area contributed by atoms with Gasteiger partial charge in [0.15, 0.2) is 9.84 Å². The van der Waals surface area contributed by atoms with Crippen LogP contribution < -0.4 is 10.1 Å². The van der Waals surface area contributed by atoms with E-state index < -0.39 is 9.84 Å². The molecule has 1 heterocycles. The van der Waals surface area contributed by atoms with Crippen molar-refractivity contribution in [3.63, 3.8) is 0 Å². The van der Waals surface area contributed by atoms with E-state index in [2.05, 4.69) is 5.32 Å². The Balaban J connectivity index is 1.45. The van der Waals surface area contributed by atoms with E-state index in [1.807, 2.05) is 24.3 Å². The zero-order chi connectivity index (χ0) is 20.3. The van der Waals surface area contributed by atoms with Crippen LogP contribution in [0.3, 0.4) is 0 Å². The summed E-state index contributed by atoms with van der Waals surface area (Å²) in [6.45, 7) is 0.554. The number of fused-ring (bicyclic) bond motifs is 1. The number of nitrogens with one attached hydrogen (secondary N) is 1. The molecule has 1 amide bonds. The first-order valence-corrected chi connectivity index (χ1v) is 11.1. The second-order valence-corrected chi connectivity index (χ2v) is 8.96. The number of hydrogen-bond donors (Lipinski definition) is 1. The fourth-order valence-electron chi connectivity index (χ4n) is 3.42. The molecule has 29 heavy (non-hydrogen) atoms. The molecule has 4 rings (SSSR count). The lowest BCUT2D eigenvalue weighted by atomic mass is 10.00. The highest BCUT2D eigenvalue weighted by Crippen LogP contribution is 2.31. The van der Waals surface area contributed by atoms with Gasteiger partial charge in [-0.2, -0.15) is 0 Å². The van der Waals surface area contributed by atoms with Gasteiger partial charge in [0.1, 0.15) is 5.75 Å². The van der Waals surface area contributed by atoms with E-state index in [-0.39, 0.29) is 17.7 Å². The summed E-state index contributed by atoms with van der Waals surface area (Å²) < 4.78 is 30.6. The summed E-state index contributed by atoms with van der Waals surface area (Å²) in [6, 6.07) is 22.6. The Kier molecular flexibility index (Phi) is 5.36. The van der Waals surface area contributed by atoms with Crippen molar-refractivity contribution in [3.05, 3.63) is 95.6 Å². The third-order valence-corrected chi connectivity index (χ3v) is 6.64. The minimum absolute atomic E-state index is 0.105. The molecule has 0 spiro atoms. The van der Waals surface area contributed by atoms with Gasteiger partial charge in [0.05, 0.1) is 23.3 Å². The Morgan fingerprint density at radius 1 is 0.931 bits per heavy atom. The summed E-state index contributed by atoms with van der Waals surface area (Å²) in [7, 11) is -3.42. The fourth-order valence-corrected chi connectivity index (χ4v) is 4.79. The quantitative estimate of drug-likeness (QED) is 0.696. The molecule has 1 atom stereocenters. The zero-order valence-corrected chi connectivity index (χ0v) is 16.6. The van der Waals surface area contributed by atoms with E-state index in [1.54, 1.807) is 54.6 Å². The molecule has 1 aliphatic heterocycles. The number of para-hydroxylation sites is 1. The predicted molar refractivity (Wildman–Crippen MR) is 111 cm³/mol.